The van der Waals surface area contributed by atoms with Crippen LogP contribution in [0.5, 0.6) is 0 Å². The zero-order valence-electron chi connectivity index (χ0n) is 15.0. The topological polar surface area (TPSA) is 41.4 Å². The number of carbonyl (C=O) groups excluding carboxylic acids is 1. The Kier molecular flexibility index (Phi) is 5.48. The van der Waals surface area contributed by atoms with Gasteiger partial charge < -0.3 is 9.80 Å². The monoisotopic (exact) mass is 400 g/mol. The van der Waals surface area contributed by atoms with Crippen LogP contribution in [0.2, 0.25) is 5.02 Å². The van der Waals surface area contributed by atoms with Gasteiger partial charge in [-0.3, -0.25) is 4.79 Å². The van der Waals surface area contributed by atoms with Crippen LogP contribution >= 0.6 is 11.6 Å². The van der Waals surface area contributed by atoms with E-state index < -0.39 is 23.3 Å². The highest BCUT2D eigenvalue weighted by atomic mass is 35.5. The molecule has 0 bridgehead atoms. The third-order valence-corrected chi connectivity index (χ3v) is 5.01. The lowest BCUT2D eigenvalue weighted by Crippen LogP contribution is -2.47. The molecule has 0 saturated carbocycles. The molecule has 1 aromatic carbocycles. The number of likely N-dealkylation sites (tertiary alicyclic amines) is 1. The minimum absolute atomic E-state index is 0.128. The second-order valence-electron chi connectivity index (χ2n) is 6.80. The van der Waals surface area contributed by atoms with E-state index in [0.29, 0.717) is 18.1 Å². The van der Waals surface area contributed by atoms with E-state index in [1.807, 2.05) is 19.0 Å². The van der Waals surface area contributed by atoms with E-state index in [9.17, 15) is 18.0 Å². The molecular weight excluding hydrogens is 381 g/mol. The summed E-state index contributed by atoms with van der Waals surface area (Å²) < 4.78 is 42.1. The predicted octanol–water partition coefficient (Wildman–Crippen LogP) is 3.71. The summed E-state index contributed by atoms with van der Waals surface area (Å²) in [5.41, 5.74) is -1.31. The number of likely N-dealkylation sites (N-methyl/N-ethyl adjacent to an activating group) is 1. The number of hydrogen-bond donors (Lipinski definition) is 0. The van der Waals surface area contributed by atoms with E-state index in [-0.39, 0.29) is 11.7 Å². The van der Waals surface area contributed by atoms with Crippen molar-refractivity contribution in [2.24, 2.45) is 0 Å². The van der Waals surface area contributed by atoms with Gasteiger partial charge >= 0.3 is 6.18 Å². The molecule has 146 valence electrons. The largest absolute Gasteiger partial charge is 0.434 e. The Bertz CT molecular complexity index is 817. The number of piperidine rings is 1. The van der Waals surface area contributed by atoms with Crippen molar-refractivity contribution in [3.8, 4) is 5.69 Å². The minimum atomic E-state index is -4.72. The number of rotatable bonds is 3. The minimum Gasteiger partial charge on any atom is -0.337 e. The normalized spacial score (nSPS) is 18.2. The molecule has 27 heavy (non-hydrogen) atoms. The van der Waals surface area contributed by atoms with Crippen molar-refractivity contribution in [2.45, 2.75) is 25.1 Å². The smallest absolute Gasteiger partial charge is 0.337 e. The van der Waals surface area contributed by atoms with Crippen molar-refractivity contribution in [3.63, 3.8) is 0 Å². The van der Waals surface area contributed by atoms with E-state index in [1.54, 1.807) is 0 Å². The summed E-state index contributed by atoms with van der Waals surface area (Å²) in [4.78, 5) is 16.3. The maximum absolute atomic E-state index is 13.8. The van der Waals surface area contributed by atoms with Crippen molar-refractivity contribution in [1.82, 2.24) is 19.6 Å². The number of nitrogens with zero attached hydrogens (tertiary/aromatic N) is 4. The van der Waals surface area contributed by atoms with Crippen LogP contribution in [0.4, 0.5) is 13.2 Å². The van der Waals surface area contributed by atoms with Crippen molar-refractivity contribution in [1.29, 1.82) is 0 Å². The summed E-state index contributed by atoms with van der Waals surface area (Å²) in [6.07, 6.45) is -2.06. The first kappa shape index (κ1) is 19.7. The van der Waals surface area contributed by atoms with Crippen molar-refractivity contribution >= 4 is 17.5 Å². The first-order chi connectivity index (χ1) is 12.7. The van der Waals surface area contributed by atoms with Crippen LogP contribution in [0.3, 0.4) is 0 Å². The zero-order chi connectivity index (χ0) is 19.8. The van der Waals surface area contributed by atoms with Gasteiger partial charge in [-0.15, -0.1) is 0 Å². The molecule has 5 nitrogen and oxygen atoms in total. The number of alkyl halides is 3. The Hall–Kier alpha value is -2.06. The summed E-state index contributed by atoms with van der Waals surface area (Å²) in [7, 11) is 3.80. The highest BCUT2D eigenvalue weighted by molar-refractivity contribution is 6.30. The lowest BCUT2D eigenvalue weighted by Gasteiger charge is -2.36. The van der Waals surface area contributed by atoms with Crippen LogP contribution in [0.15, 0.2) is 30.5 Å². The molecule has 3 rings (SSSR count). The molecule has 1 saturated heterocycles. The van der Waals surface area contributed by atoms with Crippen LogP contribution < -0.4 is 0 Å². The number of benzene rings is 1. The average molecular weight is 401 g/mol. The zero-order valence-corrected chi connectivity index (χ0v) is 15.8. The third-order valence-electron chi connectivity index (χ3n) is 4.75. The lowest BCUT2D eigenvalue weighted by atomic mass is 10.0. The van der Waals surface area contributed by atoms with Crippen molar-refractivity contribution < 1.29 is 18.0 Å². The summed E-state index contributed by atoms with van der Waals surface area (Å²) in [6.45, 7) is 0.835. The maximum atomic E-state index is 13.8. The predicted molar refractivity (Wildman–Crippen MR) is 96.2 cm³/mol. The Labute approximate surface area is 160 Å². The van der Waals surface area contributed by atoms with Crippen LogP contribution in [0.1, 0.15) is 28.9 Å². The standard InChI is InChI=1S/C18H20ClF3N4O/c1-24(2)14-4-3-9-25(11-14)17(27)15-10-23-26(16(15)18(20,21)22)13-7-5-12(19)6-8-13/h5-8,10,14H,3-4,9,11H2,1-2H3. The molecule has 0 N–H and O–H groups in total. The van der Waals surface area contributed by atoms with Gasteiger partial charge in [0.25, 0.3) is 5.91 Å². The first-order valence-corrected chi connectivity index (χ1v) is 8.93. The van der Waals surface area contributed by atoms with Crippen LogP contribution in [0, 0.1) is 0 Å². The van der Waals surface area contributed by atoms with Crippen LogP contribution in [-0.2, 0) is 6.18 Å². The molecule has 1 fully saturated rings. The molecule has 0 spiro atoms. The SMILES string of the molecule is CN(C)C1CCCN(C(=O)c2cnn(-c3ccc(Cl)cc3)c2C(F)(F)F)C1. The molecule has 2 heterocycles. The maximum Gasteiger partial charge on any atom is 0.434 e. The van der Waals surface area contributed by atoms with Gasteiger partial charge in [0.15, 0.2) is 5.69 Å². The quantitative estimate of drug-likeness (QED) is 0.788. The van der Waals surface area contributed by atoms with Gasteiger partial charge in [0.2, 0.25) is 0 Å². The molecule has 1 amide bonds. The van der Waals surface area contributed by atoms with E-state index in [2.05, 4.69) is 5.10 Å². The summed E-state index contributed by atoms with van der Waals surface area (Å²) in [5.74, 6) is -0.644. The van der Waals surface area contributed by atoms with Crippen molar-refractivity contribution in [3.05, 3.63) is 46.7 Å². The molecular formula is C18H20ClF3N4O. The fourth-order valence-electron chi connectivity index (χ4n) is 3.29. The number of hydrogen-bond acceptors (Lipinski definition) is 3. The van der Waals surface area contributed by atoms with Gasteiger partial charge in [0, 0.05) is 24.2 Å². The number of carbonyl (C=O) groups is 1. The average Bonchev–Trinajstić information content (AvgIpc) is 3.07. The Morgan fingerprint density at radius 3 is 2.52 bits per heavy atom. The van der Waals surface area contributed by atoms with E-state index in [4.69, 9.17) is 11.6 Å². The summed E-state index contributed by atoms with van der Waals surface area (Å²) in [6, 6.07) is 5.95. The van der Waals surface area contributed by atoms with Gasteiger partial charge in [-0.25, -0.2) is 4.68 Å². The number of amides is 1. The van der Waals surface area contributed by atoms with E-state index in [1.165, 1.54) is 29.2 Å². The van der Waals surface area contributed by atoms with Crippen molar-refractivity contribution in [2.75, 3.05) is 27.2 Å². The van der Waals surface area contributed by atoms with Gasteiger partial charge in [0.05, 0.1) is 17.4 Å². The Balaban J connectivity index is 1.98. The van der Waals surface area contributed by atoms with Gasteiger partial charge in [-0.2, -0.15) is 18.3 Å². The molecule has 0 radical (unpaired) electrons. The van der Waals surface area contributed by atoms with E-state index in [0.717, 1.165) is 23.7 Å². The van der Waals surface area contributed by atoms with Gasteiger partial charge in [-0.05, 0) is 51.2 Å². The van der Waals surface area contributed by atoms with E-state index >= 15 is 0 Å². The van der Waals surface area contributed by atoms with Crippen LogP contribution in [-0.4, -0.2) is 58.7 Å². The molecule has 1 aliphatic rings. The number of halogens is 4. The summed E-state index contributed by atoms with van der Waals surface area (Å²) in [5, 5.41) is 4.25. The summed E-state index contributed by atoms with van der Waals surface area (Å²) >= 11 is 5.81. The molecule has 0 aliphatic carbocycles. The molecule has 9 heteroatoms. The number of aromatic nitrogens is 2. The molecule has 1 aliphatic heterocycles. The molecule has 1 unspecified atom stereocenters. The first-order valence-electron chi connectivity index (χ1n) is 8.55. The van der Waals surface area contributed by atoms with Gasteiger partial charge in [-0.1, -0.05) is 11.6 Å². The highest BCUT2D eigenvalue weighted by Crippen LogP contribution is 2.34. The third kappa shape index (κ3) is 4.11. The fourth-order valence-corrected chi connectivity index (χ4v) is 3.41. The molecule has 2 aromatic rings. The Morgan fingerprint density at radius 1 is 1.26 bits per heavy atom. The van der Waals surface area contributed by atoms with Gasteiger partial charge in [0.1, 0.15) is 0 Å². The fraction of sp³-hybridized carbons (Fsp3) is 0.444. The molecule has 1 aromatic heterocycles. The Morgan fingerprint density at radius 2 is 1.93 bits per heavy atom. The second kappa shape index (κ2) is 7.52. The molecule has 1 atom stereocenters. The second-order valence-corrected chi connectivity index (χ2v) is 7.24. The highest BCUT2D eigenvalue weighted by Gasteiger charge is 2.42. The van der Waals surface area contributed by atoms with Crippen LogP contribution in [0.25, 0.3) is 5.69 Å². The lowest BCUT2D eigenvalue weighted by molar-refractivity contribution is -0.143.